The molecule has 2 rings (SSSR count). The van der Waals surface area contributed by atoms with Gasteiger partial charge in [0, 0.05) is 5.92 Å². The van der Waals surface area contributed by atoms with E-state index in [1.54, 1.807) is 38.1 Å². The molecule has 4 heteroatoms. The summed E-state index contributed by atoms with van der Waals surface area (Å²) in [6.45, 7) is 3.95. The van der Waals surface area contributed by atoms with Crippen LogP contribution >= 0.6 is 0 Å². The Hall–Kier alpha value is -2.88. The van der Waals surface area contributed by atoms with E-state index in [1.165, 1.54) is 6.08 Å². The lowest BCUT2D eigenvalue weighted by atomic mass is 9.98. The van der Waals surface area contributed by atoms with Gasteiger partial charge in [-0.15, -0.1) is 0 Å². The number of ether oxygens (including phenoxy) is 1. The molecule has 0 heterocycles. The van der Waals surface area contributed by atoms with Gasteiger partial charge in [0.2, 0.25) is 0 Å². The number of hydrogen-bond donors (Lipinski definition) is 1. The van der Waals surface area contributed by atoms with Crippen molar-refractivity contribution in [3.8, 4) is 5.75 Å². The second-order valence-corrected chi connectivity index (χ2v) is 5.78. The molecule has 0 bridgehead atoms. The molecule has 0 atom stereocenters. The van der Waals surface area contributed by atoms with Crippen LogP contribution in [-0.4, -0.2) is 11.7 Å². The third kappa shape index (κ3) is 4.81. The summed E-state index contributed by atoms with van der Waals surface area (Å²) in [5, 5.41) is 0. The minimum absolute atomic E-state index is 0.0166. The van der Waals surface area contributed by atoms with E-state index in [2.05, 4.69) is 0 Å². The van der Waals surface area contributed by atoms with E-state index in [0.29, 0.717) is 12.4 Å². The Bertz CT molecular complexity index is 731. The Morgan fingerprint density at radius 1 is 1.04 bits per heavy atom. The third-order valence-electron chi connectivity index (χ3n) is 3.49. The molecule has 0 aliphatic rings. The molecule has 0 saturated heterocycles. The van der Waals surface area contributed by atoms with Crippen LogP contribution in [0.3, 0.4) is 0 Å². The van der Waals surface area contributed by atoms with Gasteiger partial charge in [-0.05, 0) is 29.3 Å². The van der Waals surface area contributed by atoms with Gasteiger partial charge >= 0.3 is 0 Å². The van der Waals surface area contributed by atoms with Gasteiger partial charge in [0.25, 0.3) is 5.91 Å². The van der Waals surface area contributed by atoms with Crippen molar-refractivity contribution in [3.05, 3.63) is 71.3 Å². The molecule has 0 radical (unpaired) electrons. The van der Waals surface area contributed by atoms with Crippen LogP contribution in [-0.2, 0) is 16.2 Å². The molecule has 0 aromatic heterocycles. The first kappa shape index (κ1) is 17.5. The van der Waals surface area contributed by atoms with E-state index in [1.807, 2.05) is 30.3 Å². The first-order chi connectivity index (χ1) is 11.5. The number of carbonyl (C=O) groups excluding carboxylic acids is 2. The fraction of sp³-hybridized carbons (Fsp3) is 0.200. The van der Waals surface area contributed by atoms with Crippen LogP contribution < -0.4 is 10.5 Å². The largest absolute Gasteiger partial charge is 0.489 e. The number of rotatable bonds is 7. The maximum absolute atomic E-state index is 12.0. The van der Waals surface area contributed by atoms with Crippen molar-refractivity contribution < 1.29 is 14.3 Å². The highest BCUT2D eigenvalue weighted by molar-refractivity contribution is 6.22. The van der Waals surface area contributed by atoms with E-state index in [0.717, 1.165) is 11.1 Å². The molecule has 124 valence electrons. The number of carbonyl (C=O) groups is 2. The molecule has 0 fully saturated rings. The molecule has 24 heavy (non-hydrogen) atoms. The van der Waals surface area contributed by atoms with Gasteiger partial charge in [0.15, 0.2) is 5.78 Å². The highest BCUT2D eigenvalue weighted by Crippen LogP contribution is 2.17. The van der Waals surface area contributed by atoms with E-state index in [9.17, 15) is 9.59 Å². The molecule has 2 N–H and O–H groups in total. The monoisotopic (exact) mass is 323 g/mol. The summed E-state index contributed by atoms with van der Waals surface area (Å²) >= 11 is 0. The summed E-state index contributed by atoms with van der Waals surface area (Å²) in [5.41, 5.74) is 7.14. The predicted molar refractivity (Wildman–Crippen MR) is 94.2 cm³/mol. The molecule has 2 aromatic carbocycles. The van der Waals surface area contributed by atoms with Gasteiger partial charge in [-0.25, -0.2) is 0 Å². The predicted octanol–water partition coefficient (Wildman–Crippen LogP) is 3.36. The van der Waals surface area contributed by atoms with Crippen LogP contribution in [0.4, 0.5) is 0 Å². The fourth-order valence-corrected chi connectivity index (χ4v) is 2.14. The lowest BCUT2D eigenvalue weighted by Crippen LogP contribution is -2.23. The fourth-order valence-electron chi connectivity index (χ4n) is 2.14. The van der Waals surface area contributed by atoms with Crippen molar-refractivity contribution in [3.63, 3.8) is 0 Å². The summed E-state index contributed by atoms with van der Waals surface area (Å²) in [7, 11) is 0. The zero-order valence-corrected chi connectivity index (χ0v) is 13.9. The molecule has 0 aliphatic carbocycles. The Labute approximate surface area is 141 Å². The van der Waals surface area contributed by atoms with E-state index in [4.69, 9.17) is 10.5 Å². The van der Waals surface area contributed by atoms with Crippen molar-refractivity contribution in [2.75, 3.05) is 0 Å². The summed E-state index contributed by atoms with van der Waals surface area (Å²) < 4.78 is 5.71. The number of Topliss-reactive ketones (excluding diaryl/α,β-unsaturated/α-hetero) is 1. The third-order valence-corrected chi connectivity index (χ3v) is 3.49. The summed E-state index contributed by atoms with van der Waals surface area (Å²) in [6, 6.07) is 17.0. The molecule has 0 aliphatic heterocycles. The minimum atomic E-state index is -0.710. The number of primary amides is 1. The minimum Gasteiger partial charge on any atom is -0.489 e. The molecule has 0 unspecified atom stereocenters. The van der Waals surface area contributed by atoms with Gasteiger partial charge in [0.1, 0.15) is 12.4 Å². The zero-order valence-electron chi connectivity index (χ0n) is 13.9. The molecular formula is C20H21NO3. The Morgan fingerprint density at radius 3 is 2.21 bits per heavy atom. The first-order valence-electron chi connectivity index (χ1n) is 7.80. The first-order valence-corrected chi connectivity index (χ1v) is 7.80. The summed E-state index contributed by atoms with van der Waals surface area (Å²) in [4.78, 5) is 23.5. The average Bonchev–Trinajstić information content (AvgIpc) is 2.59. The number of benzene rings is 2. The number of nitrogens with two attached hydrogens (primary N) is 1. The topological polar surface area (TPSA) is 69.4 Å². The highest BCUT2D eigenvalue weighted by Gasteiger charge is 2.18. The maximum atomic E-state index is 12.0. The summed E-state index contributed by atoms with van der Waals surface area (Å²) in [5.74, 6) is -0.533. The van der Waals surface area contributed by atoms with Crippen LogP contribution in [0.25, 0.3) is 6.08 Å². The normalized spacial score (nSPS) is 11.4. The van der Waals surface area contributed by atoms with Crippen LogP contribution in [0.15, 0.2) is 60.2 Å². The molecule has 0 saturated carbocycles. The van der Waals surface area contributed by atoms with Crippen molar-refractivity contribution in [1.29, 1.82) is 0 Å². The van der Waals surface area contributed by atoms with Crippen molar-refractivity contribution in [2.45, 2.75) is 20.5 Å². The zero-order chi connectivity index (χ0) is 17.5. The Morgan fingerprint density at radius 2 is 1.67 bits per heavy atom. The van der Waals surface area contributed by atoms with Gasteiger partial charge in [-0.3, -0.25) is 9.59 Å². The molecular weight excluding hydrogens is 302 g/mol. The van der Waals surface area contributed by atoms with Crippen LogP contribution in [0.5, 0.6) is 5.75 Å². The number of hydrogen-bond acceptors (Lipinski definition) is 3. The summed E-state index contributed by atoms with van der Waals surface area (Å²) in [6.07, 6.45) is 1.52. The van der Waals surface area contributed by atoms with Crippen LogP contribution in [0.2, 0.25) is 0 Å². The van der Waals surface area contributed by atoms with Gasteiger partial charge in [0.05, 0.1) is 5.57 Å². The number of ketones is 1. The van der Waals surface area contributed by atoms with Crippen molar-refractivity contribution in [1.82, 2.24) is 0 Å². The quantitative estimate of drug-likeness (QED) is 0.482. The smallest absolute Gasteiger partial charge is 0.252 e. The Kier molecular flexibility index (Phi) is 5.90. The van der Waals surface area contributed by atoms with Gasteiger partial charge in [-0.2, -0.15) is 0 Å². The van der Waals surface area contributed by atoms with Crippen LogP contribution in [0.1, 0.15) is 25.0 Å². The second-order valence-electron chi connectivity index (χ2n) is 5.78. The lowest BCUT2D eigenvalue weighted by Gasteiger charge is -2.08. The maximum Gasteiger partial charge on any atom is 0.252 e. The van der Waals surface area contributed by atoms with Crippen molar-refractivity contribution >= 4 is 17.8 Å². The van der Waals surface area contributed by atoms with Crippen LogP contribution in [0, 0.1) is 5.92 Å². The molecule has 1 amide bonds. The highest BCUT2D eigenvalue weighted by atomic mass is 16.5. The Balaban J connectivity index is 2.09. The van der Waals surface area contributed by atoms with E-state index >= 15 is 0 Å². The van der Waals surface area contributed by atoms with Crippen molar-refractivity contribution in [2.24, 2.45) is 11.7 Å². The lowest BCUT2D eigenvalue weighted by molar-refractivity contribution is -0.122. The van der Waals surface area contributed by atoms with Gasteiger partial charge in [-0.1, -0.05) is 56.3 Å². The molecule has 0 spiro atoms. The standard InChI is InChI=1S/C20H21NO3/c1-14(2)19(22)18(20(21)23)12-15-8-10-17(11-9-15)24-13-16-6-4-3-5-7-16/h3-12,14H,13H2,1-2H3,(H2,21,23)/b18-12+. The molecule has 2 aromatic rings. The van der Waals surface area contributed by atoms with E-state index < -0.39 is 5.91 Å². The SMILES string of the molecule is CC(C)C(=O)/C(=C\c1ccc(OCc2ccccc2)cc1)C(N)=O. The van der Waals surface area contributed by atoms with Gasteiger partial charge < -0.3 is 10.5 Å². The second kappa shape index (κ2) is 8.11. The average molecular weight is 323 g/mol. The van der Waals surface area contributed by atoms with E-state index in [-0.39, 0.29) is 17.3 Å². The molecule has 4 nitrogen and oxygen atoms in total. The number of amides is 1.